The van der Waals surface area contributed by atoms with Crippen LogP contribution in [0, 0.1) is 6.92 Å². The summed E-state index contributed by atoms with van der Waals surface area (Å²) in [6.07, 6.45) is -2.24. The van der Waals surface area contributed by atoms with Crippen LogP contribution in [0.3, 0.4) is 0 Å². The van der Waals surface area contributed by atoms with Gasteiger partial charge < -0.3 is 9.64 Å². The van der Waals surface area contributed by atoms with Crippen molar-refractivity contribution in [2.75, 3.05) is 13.1 Å². The van der Waals surface area contributed by atoms with Gasteiger partial charge in [-0.05, 0) is 24.1 Å². The first-order valence-electron chi connectivity index (χ1n) is 8.34. The molecule has 26 heavy (non-hydrogen) atoms. The molecular formula is C19H19F3N2O2. The molecule has 1 atom stereocenters. The number of benzene rings is 1. The fourth-order valence-electron chi connectivity index (χ4n) is 2.89. The second-order valence-electron chi connectivity index (χ2n) is 6.42. The van der Waals surface area contributed by atoms with Crippen LogP contribution in [0.1, 0.15) is 23.1 Å². The second-order valence-corrected chi connectivity index (χ2v) is 6.42. The number of hydrogen-bond donors (Lipinski definition) is 0. The summed E-state index contributed by atoms with van der Waals surface area (Å²) in [4.78, 5) is 18.2. The molecule has 7 heteroatoms. The molecule has 4 nitrogen and oxygen atoms in total. The zero-order chi connectivity index (χ0) is 18.7. The predicted molar refractivity (Wildman–Crippen MR) is 89.7 cm³/mol. The molecule has 1 aromatic heterocycles. The number of alkyl halides is 3. The zero-order valence-corrected chi connectivity index (χ0v) is 14.3. The van der Waals surface area contributed by atoms with Gasteiger partial charge in [-0.25, -0.2) is 4.98 Å². The quantitative estimate of drug-likeness (QED) is 0.832. The molecule has 0 unspecified atom stereocenters. The van der Waals surface area contributed by atoms with E-state index >= 15 is 0 Å². The van der Waals surface area contributed by atoms with Crippen LogP contribution in [0.4, 0.5) is 13.2 Å². The van der Waals surface area contributed by atoms with Crippen LogP contribution in [0.2, 0.25) is 0 Å². The van der Waals surface area contributed by atoms with Crippen LogP contribution in [0.5, 0.6) is 5.88 Å². The summed E-state index contributed by atoms with van der Waals surface area (Å²) < 4.78 is 44.1. The molecule has 0 saturated carbocycles. The number of hydrogen-bond acceptors (Lipinski definition) is 3. The van der Waals surface area contributed by atoms with Crippen molar-refractivity contribution in [3.8, 4) is 5.88 Å². The number of rotatable bonds is 4. The van der Waals surface area contributed by atoms with Gasteiger partial charge in [0, 0.05) is 25.2 Å². The number of aryl methyl sites for hydroxylation is 1. The molecule has 3 rings (SSSR count). The number of ether oxygens (including phenoxy) is 1. The third kappa shape index (κ3) is 4.53. The Kier molecular flexibility index (Phi) is 5.15. The fourth-order valence-corrected chi connectivity index (χ4v) is 2.89. The van der Waals surface area contributed by atoms with Crippen molar-refractivity contribution in [2.45, 2.75) is 32.0 Å². The molecule has 0 spiro atoms. The van der Waals surface area contributed by atoms with E-state index in [0.29, 0.717) is 31.0 Å². The van der Waals surface area contributed by atoms with E-state index in [2.05, 4.69) is 4.98 Å². The van der Waals surface area contributed by atoms with E-state index in [-0.39, 0.29) is 18.4 Å². The molecule has 138 valence electrons. The maximum atomic E-state index is 12.8. The summed E-state index contributed by atoms with van der Waals surface area (Å²) in [5.74, 6) is 0.306. The van der Waals surface area contributed by atoms with Crippen molar-refractivity contribution in [3.05, 3.63) is 59.3 Å². The molecule has 1 aromatic carbocycles. The van der Waals surface area contributed by atoms with Crippen LogP contribution < -0.4 is 4.74 Å². The molecule has 0 radical (unpaired) electrons. The largest absolute Gasteiger partial charge is 0.472 e. The van der Waals surface area contributed by atoms with Gasteiger partial charge in [-0.2, -0.15) is 13.2 Å². The monoisotopic (exact) mass is 364 g/mol. The Morgan fingerprint density at radius 1 is 1.31 bits per heavy atom. The molecule has 1 aliphatic rings. The van der Waals surface area contributed by atoms with Gasteiger partial charge in [0.05, 0.1) is 18.5 Å². The predicted octanol–water partition coefficient (Wildman–Crippen LogP) is 3.63. The standard InChI is InChI=1S/C19H19F3N2O2/c1-13-5-6-17(23-11-13)26-16-7-8-24(12-16)18(25)10-14-3-2-4-15(9-14)19(20,21)22/h2-6,9,11,16H,7-8,10,12H2,1H3/t16-/m0/s1. The molecule has 0 bridgehead atoms. The average molecular weight is 364 g/mol. The van der Waals surface area contributed by atoms with Gasteiger partial charge in [-0.15, -0.1) is 0 Å². The minimum absolute atomic E-state index is 0.0561. The summed E-state index contributed by atoms with van der Waals surface area (Å²) in [6, 6.07) is 8.56. The molecular weight excluding hydrogens is 345 g/mol. The third-order valence-corrected chi connectivity index (χ3v) is 4.28. The van der Waals surface area contributed by atoms with Crippen molar-refractivity contribution >= 4 is 5.91 Å². The van der Waals surface area contributed by atoms with Crippen molar-refractivity contribution < 1.29 is 22.7 Å². The van der Waals surface area contributed by atoms with Crippen LogP contribution in [-0.4, -0.2) is 35.0 Å². The van der Waals surface area contributed by atoms with E-state index in [1.165, 1.54) is 12.1 Å². The number of likely N-dealkylation sites (tertiary alicyclic amines) is 1. The number of pyridine rings is 1. The first-order valence-corrected chi connectivity index (χ1v) is 8.34. The lowest BCUT2D eigenvalue weighted by Gasteiger charge is -2.17. The Morgan fingerprint density at radius 3 is 2.81 bits per heavy atom. The minimum atomic E-state index is -4.41. The van der Waals surface area contributed by atoms with Gasteiger partial charge in [0.1, 0.15) is 6.10 Å². The summed E-state index contributed by atoms with van der Waals surface area (Å²) in [7, 11) is 0. The molecule has 1 fully saturated rings. The van der Waals surface area contributed by atoms with Crippen LogP contribution in [0.15, 0.2) is 42.6 Å². The Labute approximate surface area is 149 Å². The highest BCUT2D eigenvalue weighted by atomic mass is 19.4. The summed E-state index contributed by atoms with van der Waals surface area (Å²) >= 11 is 0. The molecule has 2 aromatic rings. The molecule has 1 saturated heterocycles. The first-order chi connectivity index (χ1) is 12.3. The lowest BCUT2D eigenvalue weighted by atomic mass is 10.1. The van der Waals surface area contributed by atoms with Crippen molar-refractivity contribution in [1.29, 1.82) is 0 Å². The Bertz CT molecular complexity index is 775. The van der Waals surface area contributed by atoms with E-state index in [0.717, 1.165) is 17.7 Å². The lowest BCUT2D eigenvalue weighted by Crippen LogP contribution is -2.32. The van der Waals surface area contributed by atoms with Crippen molar-refractivity contribution in [1.82, 2.24) is 9.88 Å². The van der Waals surface area contributed by atoms with Crippen LogP contribution in [0.25, 0.3) is 0 Å². The first kappa shape index (κ1) is 18.2. The minimum Gasteiger partial charge on any atom is -0.472 e. The molecule has 1 amide bonds. The molecule has 0 N–H and O–H groups in total. The molecule has 0 aliphatic carbocycles. The van der Waals surface area contributed by atoms with E-state index in [4.69, 9.17) is 4.74 Å². The number of amides is 1. The van der Waals surface area contributed by atoms with Gasteiger partial charge in [0.2, 0.25) is 11.8 Å². The molecule has 1 aliphatic heterocycles. The van der Waals surface area contributed by atoms with Crippen LogP contribution in [-0.2, 0) is 17.4 Å². The maximum Gasteiger partial charge on any atom is 0.416 e. The summed E-state index contributed by atoms with van der Waals surface area (Å²) in [5.41, 5.74) is 0.645. The molecule has 2 heterocycles. The Balaban J connectivity index is 1.57. The fraction of sp³-hybridized carbons (Fsp3) is 0.368. The average Bonchev–Trinajstić information content (AvgIpc) is 3.05. The van der Waals surface area contributed by atoms with E-state index in [9.17, 15) is 18.0 Å². The SMILES string of the molecule is Cc1ccc(O[C@H]2CCN(C(=O)Cc3cccc(C(F)(F)F)c3)C2)nc1. The lowest BCUT2D eigenvalue weighted by molar-refractivity contribution is -0.138. The summed E-state index contributed by atoms with van der Waals surface area (Å²) in [5, 5.41) is 0. The number of aromatic nitrogens is 1. The number of carbonyl (C=O) groups is 1. The smallest absolute Gasteiger partial charge is 0.416 e. The van der Waals surface area contributed by atoms with Crippen LogP contribution >= 0.6 is 0 Å². The number of carbonyl (C=O) groups excluding carboxylic acids is 1. The third-order valence-electron chi connectivity index (χ3n) is 4.28. The van der Waals surface area contributed by atoms with Gasteiger partial charge in [0.25, 0.3) is 0 Å². The topological polar surface area (TPSA) is 42.4 Å². The Morgan fingerprint density at radius 2 is 2.12 bits per heavy atom. The van der Waals surface area contributed by atoms with E-state index in [1.54, 1.807) is 17.2 Å². The van der Waals surface area contributed by atoms with E-state index < -0.39 is 11.7 Å². The highest BCUT2D eigenvalue weighted by molar-refractivity contribution is 5.79. The highest BCUT2D eigenvalue weighted by Gasteiger charge is 2.31. The summed E-state index contributed by atoms with van der Waals surface area (Å²) in [6.45, 7) is 2.86. The second kappa shape index (κ2) is 7.35. The van der Waals surface area contributed by atoms with Crippen molar-refractivity contribution in [2.24, 2.45) is 0 Å². The zero-order valence-electron chi connectivity index (χ0n) is 14.3. The van der Waals surface area contributed by atoms with Gasteiger partial charge in [-0.1, -0.05) is 24.3 Å². The normalized spacial score (nSPS) is 17.4. The van der Waals surface area contributed by atoms with Gasteiger partial charge >= 0.3 is 6.18 Å². The van der Waals surface area contributed by atoms with Gasteiger partial charge in [0.15, 0.2) is 0 Å². The number of nitrogens with zero attached hydrogens (tertiary/aromatic N) is 2. The maximum absolute atomic E-state index is 12.8. The highest BCUT2D eigenvalue weighted by Crippen LogP contribution is 2.29. The van der Waals surface area contributed by atoms with Crippen molar-refractivity contribution in [3.63, 3.8) is 0 Å². The number of halogens is 3. The van der Waals surface area contributed by atoms with Gasteiger partial charge in [-0.3, -0.25) is 4.79 Å². The Hall–Kier alpha value is -2.57. The van der Waals surface area contributed by atoms with E-state index in [1.807, 2.05) is 13.0 Å².